The maximum Gasteiger partial charge on any atom is 0.0483 e. The van der Waals surface area contributed by atoms with E-state index in [1.54, 1.807) is 0 Å². The van der Waals surface area contributed by atoms with Gasteiger partial charge in [0.1, 0.15) is 0 Å². The molecule has 1 aliphatic rings. The van der Waals surface area contributed by atoms with Crippen molar-refractivity contribution in [3.8, 4) is 0 Å². The molecule has 0 bridgehead atoms. The number of likely N-dealkylation sites (tertiary alicyclic amines) is 1. The van der Waals surface area contributed by atoms with E-state index < -0.39 is 0 Å². The molecule has 1 aliphatic heterocycles. The fourth-order valence-electron chi connectivity index (χ4n) is 2.10. The first-order chi connectivity index (χ1) is 6.31. The Bertz CT molecular complexity index is 129. The molecule has 3 heteroatoms. The van der Waals surface area contributed by atoms with Gasteiger partial charge in [0.2, 0.25) is 0 Å². The summed E-state index contributed by atoms with van der Waals surface area (Å²) in [7, 11) is 0. The Labute approximate surface area is 80.4 Å². The second-order valence-corrected chi connectivity index (χ2v) is 3.90. The van der Waals surface area contributed by atoms with Gasteiger partial charge in [-0.05, 0) is 38.4 Å². The first kappa shape index (κ1) is 11.0. The van der Waals surface area contributed by atoms with E-state index in [2.05, 4.69) is 11.8 Å². The van der Waals surface area contributed by atoms with Gasteiger partial charge in [0.15, 0.2) is 0 Å². The van der Waals surface area contributed by atoms with Crippen LogP contribution in [-0.4, -0.2) is 48.0 Å². The van der Waals surface area contributed by atoms with E-state index in [1.807, 2.05) is 0 Å². The predicted molar refractivity (Wildman–Crippen MR) is 52.5 cm³/mol. The van der Waals surface area contributed by atoms with Crippen LogP contribution in [0.2, 0.25) is 0 Å². The van der Waals surface area contributed by atoms with E-state index in [1.165, 1.54) is 0 Å². The topological polar surface area (TPSA) is 43.7 Å². The Morgan fingerprint density at radius 1 is 1.23 bits per heavy atom. The fourth-order valence-corrected chi connectivity index (χ4v) is 2.10. The molecule has 0 saturated carbocycles. The maximum atomic E-state index is 9.03. The molecule has 0 aromatic carbocycles. The molecule has 0 aromatic heterocycles. The minimum absolute atomic E-state index is 0.110. The van der Waals surface area contributed by atoms with Crippen molar-refractivity contribution in [1.29, 1.82) is 0 Å². The first-order valence-electron chi connectivity index (χ1n) is 5.25. The standard InChI is InChI=1S/C10H21NO2/c1-2-11-5-3-9(4-6-11)10(7-12)8-13/h9-10,12-13H,2-8H2,1H3. The van der Waals surface area contributed by atoms with Crippen molar-refractivity contribution in [2.75, 3.05) is 32.8 Å². The molecule has 0 spiro atoms. The third kappa shape index (κ3) is 2.93. The highest BCUT2D eigenvalue weighted by Gasteiger charge is 2.24. The lowest BCUT2D eigenvalue weighted by molar-refractivity contribution is 0.0681. The number of rotatable bonds is 4. The normalized spacial score (nSPS) is 21.2. The first-order valence-corrected chi connectivity index (χ1v) is 5.25. The van der Waals surface area contributed by atoms with Crippen molar-refractivity contribution in [2.24, 2.45) is 11.8 Å². The number of hydrogen-bond donors (Lipinski definition) is 2. The predicted octanol–water partition coefficient (Wildman–Crippen LogP) is 0.319. The van der Waals surface area contributed by atoms with Crippen LogP contribution in [-0.2, 0) is 0 Å². The van der Waals surface area contributed by atoms with Crippen molar-refractivity contribution in [3.05, 3.63) is 0 Å². The molecule has 1 fully saturated rings. The Balaban J connectivity index is 2.30. The largest absolute Gasteiger partial charge is 0.396 e. The molecule has 78 valence electrons. The molecule has 0 atom stereocenters. The highest BCUT2D eigenvalue weighted by Crippen LogP contribution is 2.24. The number of hydrogen-bond acceptors (Lipinski definition) is 3. The van der Waals surface area contributed by atoms with Gasteiger partial charge in [-0.3, -0.25) is 0 Å². The van der Waals surface area contributed by atoms with E-state index in [0.717, 1.165) is 32.5 Å². The second kappa shape index (κ2) is 5.58. The Hall–Kier alpha value is -0.120. The minimum atomic E-state index is 0.110. The molecule has 0 unspecified atom stereocenters. The van der Waals surface area contributed by atoms with Crippen LogP contribution >= 0.6 is 0 Å². The summed E-state index contributed by atoms with van der Waals surface area (Å²) in [5.41, 5.74) is 0. The molecule has 13 heavy (non-hydrogen) atoms. The van der Waals surface area contributed by atoms with Crippen LogP contribution in [0.5, 0.6) is 0 Å². The third-order valence-electron chi connectivity index (χ3n) is 3.22. The van der Waals surface area contributed by atoms with E-state index >= 15 is 0 Å². The molecule has 0 radical (unpaired) electrons. The number of nitrogens with zero attached hydrogens (tertiary/aromatic N) is 1. The molecular weight excluding hydrogens is 166 g/mol. The molecule has 0 aliphatic carbocycles. The Morgan fingerprint density at radius 2 is 1.77 bits per heavy atom. The van der Waals surface area contributed by atoms with Crippen LogP contribution in [0.15, 0.2) is 0 Å². The maximum absolute atomic E-state index is 9.03. The molecule has 1 saturated heterocycles. The monoisotopic (exact) mass is 187 g/mol. The zero-order valence-electron chi connectivity index (χ0n) is 8.45. The summed E-state index contributed by atoms with van der Waals surface area (Å²) >= 11 is 0. The molecular formula is C10H21NO2. The summed E-state index contributed by atoms with van der Waals surface area (Å²) in [4.78, 5) is 2.42. The van der Waals surface area contributed by atoms with Gasteiger partial charge in [-0.1, -0.05) is 6.92 Å². The van der Waals surface area contributed by atoms with E-state index in [-0.39, 0.29) is 19.1 Å². The smallest absolute Gasteiger partial charge is 0.0483 e. The van der Waals surface area contributed by atoms with Gasteiger partial charge in [-0.15, -0.1) is 0 Å². The van der Waals surface area contributed by atoms with Crippen molar-refractivity contribution < 1.29 is 10.2 Å². The average molecular weight is 187 g/mol. The molecule has 0 aromatic rings. The van der Waals surface area contributed by atoms with E-state index in [4.69, 9.17) is 10.2 Å². The Morgan fingerprint density at radius 3 is 2.15 bits per heavy atom. The van der Waals surface area contributed by atoms with Gasteiger partial charge in [0.05, 0.1) is 0 Å². The van der Waals surface area contributed by atoms with Gasteiger partial charge < -0.3 is 15.1 Å². The van der Waals surface area contributed by atoms with Crippen LogP contribution < -0.4 is 0 Å². The van der Waals surface area contributed by atoms with Crippen molar-refractivity contribution in [1.82, 2.24) is 4.90 Å². The van der Waals surface area contributed by atoms with Crippen LogP contribution in [0.1, 0.15) is 19.8 Å². The lowest BCUT2D eigenvalue weighted by Gasteiger charge is -2.34. The van der Waals surface area contributed by atoms with Crippen molar-refractivity contribution in [3.63, 3.8) is 0 Å². The van der Waals surface area contributed by atoms with Crippen molar-refractivity contribution in [2.45, 2.75) is 19.8 Å². The minimum Gasteiger partial charge on any atom is -0.396 e. The molecule has 2 N–H and O–H groups in total. The quantitative estimate of drug-likeness (QED) is 0.666. The van der Waals surface area contributed by atoms with E-state index in [9.17, 15) is 0 Å². The van der Waals surface area contributed by atoms with Gasteiger partial charge in [-0.25, -0.2) is 0 Å². The average Bonchev–Trinajstić information content (AvgIpc) is 2.21. The van der Waals surface area contributed by atoms with Gasteiger partial charge in [0.25, 0.3) is 0 Å². The third-order valence-corrected chi connectivity index (χ3v) is 3.22. The number of aliphatic hydroxyl groups excluding tert-OH is 2. The van der Waals surface area contributed by atoms with Crippen molar-refractivity contribution >= 4 is 0 Å². The van der Waals surface area contributed by atoms with Crippen LogP contribution in [0.4, 0.5) is 0 Å². The summed E-state index contributed by atoms with van der Waals surface area (Å²) < 4.78 is 0. The van der Waals surface area contributed by atoms with E-state index in [0.29, 0.717) is 5.92 Å². The highest BCUT2D eigenvalue weighted by atomic mass is 16.3. The van der Waals surface area contributed by atoms with Crippen LogP contribution in [0.3, 0.4) is 0 Å². The van der Waals surface area contributed by atoms with Gasteiger partial charge >= 0.3 is 0 Å². The molecule has 1 heterocycles. The summed E-state index contributed by atoms with van der Waals surface area (Å²) in [6.45, 7) is 5.81. The lowest BCUT2D eigenvalue weighted by Crippen LogP contribution is -2.37. The van der Waals surface area contributed by atoms with Crippen LogP contribution in [0, 0.1) is 11.8 Å². The summed E-state index contributed by atoms with van der Waals surface area (Å²) in [6.07, 6.45) is 2.25. The highest BCUT2D eigenvalue weighted by molar-refractivity contribution is 4.76. The zero-order chi connectivity index (χ0) is 9.68. The number of piperidine rings is 1. The molecule has 1 rings (SSSR count). The molecule has 3 nitrogen and oxygen atoms in total. The second-order valence-electron chi connectivity index (χ2n) is 3.90. The van der Waals surface area contributed by atoms with Gasteiger partial charge in [-0.2, -0.15) is 0 Å². The van der Waals surface area contributed by atoms with Crippen LogP contribution in [0.25, 0.3) is 0 Å². The summed E-state index contributed by atoms with van der Waals surface area (Å²) in [5.74, 6) is 0.636. The lowest BCUT2D eigenvalue weighted by atomic mass is 9.85. The molecule has 0 amide bonds. The van der Waals surface area contributed by atoms with Gasteiger partial charge in [0, 0.05) is 19.1 Å². The summed E-state index contributed by atoms with van der Waals surface area (Å²) in [5, 5.41) is 18.1. The fraction of sp³-hybridized carbons (Fsp3) is 1.00. The number of aliphatic hydroxyl groups is 2. The SMILES string of the molecule is CCN1CCC(C(CO)CO)CC1. The Kier molecular flexibility index (Phi) is 4.70. The zero-order valence-corrected chi connectivity index (χ0v) is 8.45. The summed E-state index contributed by atoms with van der Waals surface area (Å²) in [6, 6.07) is 0.